The van der Waals surface area contributed by atoms with Crippen molar-refractivity contribution in [1.29, 1.82) is 0 Å². The summed E-state index contributed by atoms with van der Waals surface area (Å²) in [4.78, 5) is 0. The average molecular weight is 448 g/mol. The van der Waals surface area contributed by atoms with E-state index in [1.807, 2.05) is 0 Å². The first-order valence-corrected chi connectivity index (χ1v) is 6.95. The van der Waals surface area contributed by atoms with Crippen LogP contribution in [0.2, 0.25) is 0 Å². The molecule has 1 aromatic rings. The Labute approximate surface area is 154 Å². The Kier molecular flexibility index (Phi) is 6.25. The van der Waals surface area contributed by atoms with E-state index in [1.54, 1.807) is 0 Å². The standard InChI is InChI=1S/C15H8F12O2/c1-2-7-29-11(14(22,23)24,15(25,26)27)9-5-3-8(4-6-9)10(28,12(16,17)18)13(19,20)21/h1,3-6,28H,7H2. The number of hydrogen-bond acceptors (Lipinski definition) is 2. The summed E-state index contributed by atoms with van der Waals surface area (Å²) in [7, 11) is 0. The quantitative estimate of drug-likeness (QED) is 0.521. The Morgan fingerprint density at radius 3 is 1.31 bits per heavy atom. The third-order valence-corrected chi connectivity index (χ3v) is 3.70. The van der Waals surface area contributed by atoms with Gasteiger partial charge in [0.2, 0.25) is 0 Å². The molecule has 1 rings (SSSR count). The molecule has 2 nitrogen and oxygen atoms in total. The van der Waals surface area contributed by atoms with Crippen molar-refractivity contribution < 1.29 is 62.5 Å². The fraction of sp³-hybridized carbons (Fsp3) is 0.467. The largest absolute Gasteiger partial charge is 0.430 e. The fourth-order valence-electron chi connectivity index (χ4n) is 2.32. The minimum absolute atomic E-state index is 0.324. The minimum atomic E-state index is -6.39. The highest BCUT2D eigenvalue weighted by atomic mass is 19.4. The highest BCUT2D eigenvalue weighted by Crippen LogP contribution is 2.54. The molecule has 0 saturated heterocycles. The van der Waals surface area contributed by atoms with Crippen molar-refractivity contribution in [2.75, 3.05) is 6.61 Å². The second kappa shape index (κ2) is 7.28. The molecule has 0 atom stereocenters. The molecular formula is C15H8F12O2. The number of rotatable bonds is 4. The van der Waals surface area contributed by atoms with Crippen LogP contribution < -0.4 is 0 Å². The number of halogens is 12. The van der Waals surface area contributed by atoms with Crippen molar-refractivity contribution in [1.82, 2.24) is 0 Å². The lowest BCUT2D eigenvalue weighted by molar-refractivity contribution is -0.387. The molecule has 0 bridgehead atoms. The first-order valence-electron chi connectivity index (χ1n) is 6.95. The number of terminal acetylenes is 1. The van der Waals surface area contributed by atoms with Crippen LogP contribution in [0.1, 0.15) is 11.1 Å². The monoisotopic (exact) mass is 448 g/mol. The summed E-state index contributed by atoms with van der Waals surface area (Å²) in [6, 6.07) is -1.39. The molecule has 0 aliphatic rings. The topological polar surface area (TPSA) is 29.5 Å². The van der Waals surface area contributed by atoms with E-state index in [0.717, 1.165) is 0 Å². The van der Waals surface area contributed by atoms with Gasteiger partial charge >= 0.3 is 24.7 Å². The molecule has 0 aliphatic carbocycles. The Morgan fingerprint density at radius 1 is 0.690 bits per heavy atom. The molecular weight excluding hydrogens is 440 g/mol. The molecule has 29 heavy (non-hydrogen) atoms. The molecule has 0 aliphatic heterocycles. The van der Waals surface area contributed by atoms with Gasteiger partial charge in [-0.3, -0.25) is 0 Å². The van der Waals surface area contributed by atoms with E-state index in [9.17, 15) is 52.7 Å². The van der Waals surface area contributed by atoms with Crippen LogP contribution in [0.5, 0.6) is 0 Å². The molecule has 0 heterocycles. The zero-order chi connectivity index (χ0) is 23.1. The van der Waals surface area contributed by atoms with Gasteiger partial charge in [0.05, 0.1) is 0 Å². The summed E-state index contributed by atoms with van der Waals surface area (Å²) in [6.45, 7) is -1.55. The van der Waals surface area contributed by atoms with Gasteiger partial charge in [-0.15, -0.1) is 6.42 Å². The second-order valence-corrected chi connectivity index (χ2v) is 5.45. The Bertz CT molecular complexity index is 718. The first kappa shape index (κ1) is 24.9. The van der Waals surface area contributed by atoms with Gasteiger partial charge in [-0.2, -0.15) is 52.7 Å². The number of ether oxygens (including phenoxy) is 1. The van der Waals surface area contributed by atoms with Crippen molar-refractivity contribution >= 4 is 0 Å². The van der Waals surface area contributed by atoms with Crippen LogP contribution in [-0.2, 0) is 15.9 Å². The maximum Gasteiger partial charge on any atom is 0.430 e. The van der Waals surface area contributed by atoms with Gasteiger partial charge in [-0.1, -0.05) is 30.2 Å². The second-order valence-electron chi connectivity index (χ2n) is 5.45. The Hall–Kier alpha value is -2.14. The average Bonchev–Trinajstić information content (AvgIpc) is 2.50. The number of hydrogen-bond donors (Lipinski definition) is 1. The van der Waals surface area contributed by atoms with E-state index in [-0.39, 0.29) is 24.3 Å². The molecule has 0 amide bonds. The van der Waals surface area contributed by atoms with Crippen molar-refractivity contribution in [3.63, 3.8) is 0 Å². The van der Waals surface area contributed by atoms with Gasteiger partial charge in [-0.25, -0.2) is 0 Å². The van der Waals surface area contributed by atoms with Gasteiger partial charge in [-0.05, 0) is 0 Å². The summed E-state index contributed by atoms with van der Waals surface area (Å²) < 4.78 is 160. The molecule has 0 spiro atoms. The van der Waals surface area contributed by atoms with Crippen LogP contribution in [0.4, 0.5) is 52.7 Å². The molecule has 0 unspecified atom stereocenters. The highest BCUT2D eigenvalue weighted by Gasteiger charge is 2.74. The summed E-state index contributed by atoms with van der Waals surface area (Å²) in [5, 5.41) is 9.16. The van der Waals surface area contributed by atoms with E-state index in [2.05, 4.69) is 11.2 Å². The van der Waals surface area contributed by atoms with Gasteiger partial charge in [0.25, 0.3) is 11.2 Å². The van der Waals surface area contributed by atoms with E-state index in [0.29, 0.717) is 0 Å². The van der Waals surface area contributed by atoms with Gasteiger partial charge in [0.1, 0.15) is 6.61 Å². The van der Waals surface area contributed by atoms with E-state index >= 15 is 0 Å². The number of benzene rings is 1. The van der Waals surface area contributed by atoms with E-state index in [1.165, 1.54) is 5.92 Å². The molecule has 0 radical (unpaired) electrons. The molecule has 0 fully saturated rings. The van der Waals surface area contributed by atoms with Crippen LogP contribution >= 0.6 is 0 Å². The lowest BCUT2D eigenvalue weighted by Crippen LogP contribution is -2.56. The molecule has 0 saturated carbocycles. The van der Waals surface area contributed by atoms with Crippen molar-refractivity contribution in [2.24, 2.45) is 0 Å². The van der Waals surface area contributed by atoms with Crippen LogP contribution in [0.25, 0.3) is 0 Å². The lowest BCUT2D eigenvalue weighted by atomic mass is 9.87. The highest BCUT2D eigenvalue weighted by molar-refractivity contribution is 5.35. The molecule has 0 aromatic heterocycles. The van der Waals surface area contributed by atoms with Gasteiger partial charge < -0.3 is 9.84 Å². The zero-order valence-electron chi connectivity index (χ0n) is 13.5. The number of aliphatic hydroxyl groups is 1. The lowest BCUT2D eigenvalue weighted by Gasteiger charge is -2.37. The molecule has 14 heteroatoms. The van der Waals surface area contributed by atoms with Crippen molar-refractivity contribution in [2.45, 2.75) is 35.9 Å². The third kappa shape index (κ3) is 3.97. The molecule has 1 N–H and O–H groups in total. The van der Waals surface area contributed by atoms with Crippen LogP contribution in [-0.4, -0.2) is 36.4 Å². The third-order valence-electron chi connectivity index (χ3n) is 3.70. The van der Waals surface area contributed by atoms with Gasteiger partial charge in [0, 0.05) is 11.1 Å². The predicted molar refractivity (Wildman–Crippen MR) is 71.0 cm³/mol. The van der Waals surface area contributed by atoms with Crippen molar-refractivity contribution in [3.8, 4) is 12.3 Å². The smallest absolute Gasteiger partial charge is 0.369 e. The van der Waals surface area contributed by atoms with E-state index in [4.69, 9.17) is 5.11 Å². The fourth-order valence-corrected chi connectivity index (χ4v) is 2.32. The predicted octanol–water partition coefficient (Wildman–Crippen LogP) is 4.97. The Balaban J connectivity index is 3.74. The van der Waals surface area contributed by atoms with Crippen LogP contribution in [0.3, 0.4) is 0 Å². The maximum absolute atomic E-state index is 13.3. The van der Waals surface area contributed by atoms with Gasteiger partial charge in [0.15, 0.2) is 0 Å². The summed E-state index contributed by atoms with van der Waals surface area (Å²) >= 11 is 0. The van der Waals surface area contributed by atoms with Crippen LogP contribution in [0.15, 0.2) is 24.3 Å². The Morgan fingerprint density at radius 2 is 1.03 bits per heavy atom. The van der Waals surface area contributed by atoms with E-state index < -0.39 is 53.6 Å². The summed E-state index contributed by atoms with van der Waals surface area (Å²) in [5.41, 5.74) is -14.6. The zero-order valence-corrected chi connectivity index (χ0v) is 13.5. The first-order chi connectivity index (χ1) is 12.8. The normalized spacial score (nSPS) is 14.6. The summed E-state index contributed by atoms with van der Waals surface area (Å²) in [6.07, 6.45) is -20.7. The maximum atomic E-state index is 13.3. The number of alkyl halides is 12. The van der Waals surface area contributed by atoms with Crippen molar-refractivity contribution in [3.05, 3.63) is 35.4 Å². The summed E-state index contributed by atoms with van der Waals surface area (Å²) in [5.74, 6) is 1.35. The minimum Gasteiger partial charge on any atom is -0.369 e. The molecule has 164 valence electrons. The molecule has 1 aromatic carbocycles. The SMILES string of the molecule is C#CCOC(c1ccc(C(O)(C(F)(F)F)C(F)(F)F)cc1)(C(F)(F)F)C(F)(F)F. The van der Waals surface area contributed by atoms with Crippen LogP contribution in [0, 0.1) is 12.3 Å².